The summed E-state index contributed by atoms with van der Waals surface area (Å²) in [4.78, 5) is 26.0. The van der Waals surface area contributed by atoms with Crippen LogP contribution in [0.2, 0.25) is 0 Å². The molecular weight excluding hydrogens is 413 g/mol. The van der Waals surface area contributed by atoms with Gasteiger partial charge in [0.15, 0.2) is 5.71 Å². The molecule has 0 spiro atoms. The van der Waals surface area contributed by atoms with Gasteiger partial charge in [-0.2, -0.15) is 18.3 Å². The van der Waals surface area contributed by atoms with Crippen molar-refractivity contribution in [2.75, 3.05) is 19.6 Å². The highest BCUT2D eigenvalue weighted by molar-refractivity contribution is 6.08. The SMILES string of the molecule is C[C@H](NC(=O)C1C(C(F)(F)F)=NN2CCN(CC(C)(C)C)C12)c1ccc(C(=O)O)cc1. The van der Waals surface area contributed by atoms with Crippen molar-refractivity contribution >= 4 is 17.6 Å². The maximum Gasteiger partial charge on any atom is 0.432 e. The van der Waals surface area contributed by atoms with Crippen LogP contribution < -0.4 is 5.32 Å². The Balaban J connectivity index is 1.83. The van der Waals surface area contributed by atoms with Crippen LogP contribution in [-0.4, -0.2) is 64.6 Å². The topological polar surface area (TPSA) is 85.2 Å². The van der Waals surface area contributed by atoms with E-state index in [2.05, 4.69) is 10.4 Å². The number of carboxylic acid groups (broad SMARTS) is 1. The largest absolute Gasteiger partial charge is 0.478 e. The van der Waals surface area contributed by atoms with E-state index >= 15 is 0 Å². The molecule has 3 atom stereocenters. The third kappa shape index (κ3) is 5.00. The average molecular weight is 440 g/mol. The lowest BCUT2D eigenvalue weighted by Crippen LogP contribution is -2.52. The number of hydrogen-bond donors (Lipinski definition) is 2. The third-order valence-corrected chi connectivity index (χ3v) is 5.39. The molecule has 2 unspecified atom stereocenters. The molecule has 170 valence electrons. The molecule has 1 saturated heterocycles. The minimum absolute atomic E-state index is 0.0870. The lowest BCUT2D eigenvalue weighted by molar-refractivity contribution is -0.128. The summed E-state index contributed by atoms with van der Waals surface area (Å²) >= 11 is 0. The van der Waals surface area contributed by atoms with Gasteiger partial charge in [-0.3, -0.25) is 14.7 Å². The fourth-order valence-corrected chi connectivity index (χ4v) is 4.09. The predicted octanol–water partition coefficient (Wildman–Crippen LogP) is 3.10. The number of amides is 1. The number of carbonyl (C=O) groups is 2. The predicted molar refractivity (Wildman–Crippen MR) is 108 cm³/mol. The maximum atomic E-state index is 13.7. The monoisotopic (exact) mass is 440 g/mol. The molecule has 0 aliphatic carbocycles. The van der Waals surface area contributed by atoms with Gasteiger partial charge in [0.2, 0.25) is 5.91 Å². The van der Waals surface area contributed by atoms with Gasteiger partial charge in [-0.15, -0.1) is 0 Å². The smallest absolute Gasteiger partial charge is 0.432 e. The van der Waals surface area contributed by atoms with Crippen LogP contribution in [-0.2, 0) is 4.79 Å². The number of nitrogens with one attached hydrogen (secondary N) is 1. The number of hydrazone groups is 1. The Hall–Kier alpha value is -2.62. The highest BCUT2D eigenvalue weighted by atomic mass is 19.4. The van der Waals surface area contributed by atoms with Gasteiger partial charge < -0.3 is 10.4 Å². The molecule has 0 aromatic heterocycles. The van der Waals surface area contributed by atoms with Gasteiger partial charge in [-0.1, -0.05) is 32.9 Å². The van der Waals surface area contributed by atoms with Crippen molar-refractivity contribution in [3.63, 3.8) is 0 Å². The summed E-state index contributed by atoms with van der Waals surface area (Å²) in [7, 11) is 0. The Labute approximate surface area is 178 Å². The van der Waals surface area contributed by atoms with Crippen LogP contribution in [0.3, 0.4) is 0 Å². The Morgan fingerprint density at radius 2 is 1.81 bits per heavy atom. The number of fused-ring (bicyclic) bond motifs is 1. The van der Waals surface area contributed by atoms with Crippen LogP contribution in [0.25, 0.3) is 0 Å². The molecule has 1 aromatic carbocycles. The first-order valence-electron chi connectivity index (χ1n) is 10.1. The van der Waals surface area contributed by atoms with Crippen LogP contribution in [0.1, 0.15) is 49.7 Å². The van der Waals surface area contributed by atoms with Gasteiger partial charge in [0.1, 0.15) is 12.1 Å². The van der Waals surface area contributed by atoms with Crippen molar-refractivity contribution < 1.29 is 27.9 Å². The Kier molecular flexibility index (Phi) is 6.05. The molecule has 1 fully saturated rings. The number of alkyl halides is 3. The fraction of sp³-hybridized carbons (Fsp3) is 0.571. The molecule has 2 aliphatic rings. The summed E-state index contributed by atoms with van der Waals surface area (Å²) in [6, 6.07) is 5.26. The van der Waals surface area contributed by atoms with Crippen molar-refractivity contribution in [2.45, 2.75) is 46.1 Å². The van der Waals surface area contributed by atoms with Gasteiger partial charge in [0.05, 0.1) is 18.2 Å². The normalized spacial score (nSPS) is 22.8. The second kappa shape index (κ2) is 8.14. The highest BCUT2D eigenvalue weighted by Crippen LogP contribution is 2.37. The molecule has 0 bridgehead atoms. The van der Waals surface area contributed by atoms with E-state index in [0.29, 0.717) is 25.2 Å². The number of carboxylic acids is 1. The second-order valence-corrected chi connectivity index (χ2v) is 9.23. The molecule has 7 nitrogen and oxygen atoms in total. The zero-order chi connectivity index (χ0) is 23.1. The van der Waals surface area contributed by atoms with Crippen LogP contribution in [0.15, 0.2) is 29.4 Å². The van der Waals surface area contributed by atoms with Gasteiger partial charge in [0.25, 0.3) is 0 Å². The Morgan fingerprint density at radius 3 is 2.32 bits per heavy atom. The number of benzene rings is 1. The zero-order valence-electron chi connectivity index (χ0n) is 17.9. The summed E-state index contributed by atoms with van der Waals surface area (Å²) in [5.74, 6) is -3.30. The fourth-order valence-electron chi connectivity index (χ4n) is 4.09. The minimum Gasteiger partial charge on any atom is -0.478 e. The molecule has 31 heavy (non-hydrogen) atoms. The molecule has 2 aliphatic heterocycles. The number of carbonyl (C=O) groups excluding carboxylic acids is 1. The van der Waals surface area contributed by atoms with E-state index in [1.165, 1.54) is 29.3 Å². The quantitative estimate of drug-likeness (QED) is 0.735. The highest BCUT2D eigenvalue weighted by Gasteiger charge is 2.56. The van der Waals surface area contributed by atoms with E-state index in [9.17, 15) is 22.8 Å². The van der Waals surface area contributed by atoms with Gasteiger partial charge >= 0.3 is 12.1 Å². The lowest BCUT2D eigenvalue weighted by Gasteiger charge is -2.33. The molecule has 10 heteroatoms. The van der Waals surface area contributed by atoms with E-state index < -0.39 is 41.9 Å². The van der Waals surface area contributed by atoms with Crippen LogP contribution in [0.4, 0.5) is 13.2 Å². The Morgan fingerprint density at radius 1 is 1.19 bits per heavy atom. The van der Waals surface area contributed by atoms with E-state index in [4.69, 9.17) is 5.11 Å². The van der Waals surface area contributed by atoms with Crippen molar-refractivity contribution in [1.82, 2.24) is 15.2 Å². The summed E-state index contributed by atoms with van der Waals surface area (Å²) in [6.45, 7) is 9.02. The number of nitrogens with zero attached hydrogens (tertiary/aromatic N) is 3. The first kappa shape index (κ1) is 23.1. The van der Waals surface area contributed by atoms with Crippen molar-refractivity contribution in [3.8, 4) is 0 Å². The molecule has 1 aromatic rings. The molecule has 1 amide bonds. The van der Waals surface area contributed by atoms with Crippen LogP contribution >= 0.6 is 0 Å². The number of aromatic carboxylic acids is 1. The number of halogens is 3. The molecule has 0 radical (unpaired) electrons. The van der Waals surface area contributed by atoms with Crippen molar-refractivity contribution in [3.05, 3.63) is 35.4 Å². The second-order valence-electron chi connectivity index (χ2n) is 9.23. The van der Waals surface area contributed by atoms with E-state index in [1.807, 2.05) is 25.7 Å². The average Bonchev–Trinajstić information content (AvgIpc) is 3.20. The minimum atomic E-state index is -4.72. The van der Waals surface area contributed by atoms with E-state index in [0.717, 1.165) is 0 Å². The molecule has 3 rings (SSSR count). The zero-order valence-corrected chi connectivity index (χ0v) is 17.9. The molecule has 0 saturated carbocycles. The van der Waals surface area contributed by atoms with Gasteiger partial charge in [0, 0.05) is 13.1 Å². The summed E-state index contributed by atoms with van der Waals surface area (Å²) in [5.41, 5.74) is -0.556. The maximum absolute atomic E-state index is 13.7. The standard InChI is InChI=1S/C21H27F3N4O3/c1-12(13-5-7-14(8-6-13)19(30)31)25-17(29)15-16(21(22,23)24)26-28-10-9-27(18(15)28)11-20(2,3)4/h5-8,12,15,18H,9-11H2,1-4H3,(H,25,29)(H,30,31)/t12-,15?,18?/m0/s1. The molecule has 2 heterocycles. The van der Waals surface area contributed by atoms with E-state index in [-0.39, 0.29) is 11.0 Å². The third-order valence-electron chi connectivity index (χ3n) is 5.39. The van der Waals surface area contributed by atoms with Crippen molar-refractivity contribution in [2.24, 2.45) is 16.4 Å². The first-order chi connectivity index (χ1) is 14.3. The van der Waals surface area contributed by atoms with Crippen molar-refractivity contribution in [1.29, 1.82) is 0 Å². The molecule has 2 N–H and O–H groups in total. The number of rotatable bonds is 5. The van der Waals surface area contributed by atoms with Gasteiger partial charge in [-0.05, 0) is 30.0 Å². The van der Waals surface area contributed by atoms with E-state index in [1.54, 1.807) is 6.92 Å². The summed E-state index contributed by atoms with van der Waals surface area (Å²) in [5, 5.41) is 16.8. The van der Waals surface area contributed by atoms with Crippen LogP contribution in [0, 0.1) is 11.3 Å². The van der Waals surface area contributed by atoms with Gasteiger partial charge in [-0.25, -0.2) is 4.79 Å². The molecular formula is C21H27F3N4O3. The first-order valence-corrected chi connectivity index (χ1v) is 10.1. The summed E-state index contributed by atoms with van der Waals surface area (Å²) < 4.78 is 41.1. The Bertz CT molecular complexity index is 877. The lowest BCUT2D eigenvalue weighted by atomic mass is 9.93. The van der Waals surface area contributed by atoms with Crippen LogP contribution in [0.5, 0.6) is 0 Å². The number of hydrogen-bond acceptors (Lipinski definition) is 5. The summed E-state index contributed by atoms with van der Waals surface area (Å²) in [6.07, 6.45) is -5.50.